The van der Waals surface area contributed by atoms with Crippen LogP contribution in [0.2, 0.25) is 0 Å². The number of carboxylic acid groups (broad SMARTS) is 1. The number of carboxylic acids is 1. The first kappa shape index (κ1) is 19.8. The van der Waals surface area contributed by atoms with Gasteiger partial charge in [-0.1, -0.05) is 12.1 Å². The molecule has 0 amide bonds. The minimum absolute atomic E-state index is 0.00575. The lowest BCUT2D eigenvalue weighted by molar-refractivity contribution is -0.384. The molecule has 0 aliphatic carbocycles. The molecule has 10 heteroatoms. The van der Waals surface area contributed by atoms with Crippen LogP contribution in [-0.4, -0.2) is 54.9 Å². The van der Waals surface area contributed by atoms with Crippen molar-refractivity contribution in [1.82, 2.24) is 4.31 Å². The number of nitro benzene ring substituents is 1. The van der Waals surface area contributed by atoms with Gasteiger partial charge in [-0.25, -0.2) is 8.42 Å². The largest absolute Gasteiger partial charge is 0.481 e. The molecule has 1 saturated heterocycles. The second-order valence-corrected chi connectivity index (χ2v) is 8.32. The number of hydrogen-bond donors (Lipinski definition) is 1. The van der Waals surface area contributed by atoms with E-state index in [0.717, 1.165) is 5.69 Å². The van der Waals surface area contributed by atoms with E-state index >= 15 is 0 Å². The third-order valence-corrected chi connectivity index (χ3v) is 6.45. The number of aliphatic carboxylic acids is 1. The van der Waals surface area contributed by atoms with Crippen molar-refractivity contribution in [3.05, 3.63) is 64.2 Å². The summed E-state index contributed by atoms with van der Waals surface area (Å²) >= 11 is 0. The average molecular weight is 405 g/mol. The minimum Gasteiger partial charge on any atom is -0.481 e. The van der Waals surface area contributed by atoms with Gasteiger partial charge < -0.3 is 10.0 Å². The maximum absolute atomic E-state index is 12.9. The van der Waals surface area contributed by atoms with Crippen LogP contribution >= 0.6 is 0 Å². The van der Waals surface area contributed by atoms with E-state index in [1.165, 1.54) is 34.6 Å². The highest BCUT2D eigenvalue weighted by atomic mass is 32.2. The predicted octanol–water partition coefficient (Wildman–Crippen LogP) is 1.73. The van der Waals surface area contributed by atoms with Gasteiger partial charge in [-0.15, -0.1) is 0 Å². The first-order chi connectivity index (χ1) is 13.3. The molecule has 0 saturated carbocycles. The van der Waals surface area contributed by atoms with E-state index in [1.54, 1.807) is 18.2 Å². The van der Waals surface area contributed by atoms with E-state index in [9.17, 15) is 23.3 Å². The lowest BCUT2D eigenvalue weighted by Gasteiger charge is -2.35. The number of nitro groups is 1. The van der Waals surface area contributed by atoms with Crippen LogP contribution in [-0.2, 0) is 21.2 Å². The fourth-order valence-electron chi connectivity index (χ4n) is 3.11. The summed E-state index contributed by atoms with van der Waals surface area (Å²) in [6, 6.07) is 12.1. The summed E-state index contributed by atoms with van der Waals surface area (Å²) in [5.41, 5.74) is 1.23. The summed E-state index contributed by atoms with van der Waals surface area (Å²) in [6.45, 7) is 1.43. The fraction of sp³-hybridized carbons (Fsp3) is 0.278. The van der Waals surface area contributed by atoms with Crippen molar-refractivity contribution in [2.24, 2.45) is 0 Å². The van der Waals surface area contributed by atoms with Crippen LogP contribution < -0.4 is 4.90 Å². The second-order valence-electron chi connectivity index (χ2n) is 6.38. The van der Waals surface area contributed by atoms with Gasteiger partial charge >= 0.3 is 5.97 Å². The van der Waals surface area contributed by atoms with Gasteiger partial charge in [0.05, 0.1) is 16.2 Å². The number of piperazine rings is 1. The Morgan fingerprint density at radius 2 is 1.71 bits per heavy atom. The number of hydrogen-bond acceptors (Lipinski definition) is 6. The summed E-state index contributed by atoms with van der Waals surface area (Å²) < 4.78 is 27.1. The molecule has 1 fully saturated rings. The van der Waals surface area contributed by atoms with Crippen LogP contribution in [0, 0.1) is 10.1 Å². The van der Waals surface area contributed by atoms with Crippen molar-refractivity contribution in [3.63, 3.8) is 0 Å². The summed E-state index contributed by atoms with van der Waals surface area (Å²) in [7, 11) is -3.72. The SMILES string of the molecule is O=C(O)Cc1cccc(S(=O)(=O)N2CCN(c3ccc([N+](=O)[O-])cc3)CC2)c1. The van der Waals surface area contributed by atoms with Gasteiger partial charge in [0.25, 0.3) is 5.69 Å². The van der Waals surface area contributed by atoms with Crippen molar-refractivity contribution in [3.8, 4) is 0 Å². The summed E-state index contributed by atoms with van der Waals surface area (Å²) in [6.07, 6.45) is -0.239. The second kappa shape index (κ2) is 7.95. The molecular weight excluding hydrogens is 386 g/mol. The van der Waals surface area contributed by atoms with Crippen LogP contribution in [0.1, 0.15) is 5.56 Å². The average Bonchev–Trinajstić information content (AvgIpc) is 2.68. The Morgan fingerprint density at radius 3 is 2.29 bits per heavy atom. The Hall–Kier alpha value is -2.98. The summed E-state index contributed by atoms with van der Waals surface area (Å²) in [5.74, 6) is -1.02. The maximum Gasteiger partial charge on any atom is 0.307 e. The molecule has 0 aromatic heterocycles. The molecule has 0 unspecified atom stereocenters. The summed E-state index contributed by atoms with van der Waals surface area (Å²) in [5, 5.41) is 19.6. The standard InChI is InChI=1S/C18H19N3O6S/c22-18(23)13-14-2-1-3-17(12-14)28(26,27)20-10-8-19(9-11-20)15-4-6-16(7-5-15)21(24)25/h1-7,12H,8-11,13H2,(H,22,23). The van der Waals surface area contributed by atoms with Gasteiger partial charge in [0.2, 0.25) is 10.0 Å². The number of non-ortho nitro benzene ring substituents is 1. The normalized spacial score (nSPS) is 15.4. The van der Waals surface area contributed by atoms with E-state index in [4.69, 9.17) is 5.11 Å². The molecule has 2 aromatic carbocycles. The van der Waals surface area contributed by atoms with Crippen LogP contribution in [0.5, 0.6) is 0 Å². The number of anilines is 1. The monoisotopic (exact) mass is 405 g/mol. The molecule has 28 heavy (non-hydrogen) atoms. The van der Waals surface area contributed by atoms with Gasteiger partial charge in [-0.05, 0) is 29.8 Å². The number of nitrogens with zero attached hydrogens (tertiary/aromatic N) is 3. The lowest BCUT2D eigenvalue weighted by atomic mass is 10.2. The first-order valence-corrected chi connectivity index (χ1v) is 10.0. The lowest BCUT2D eigenvalue weighted by Crippen LogP contribution is -2.48. The van der Waals surface area contributed by atoms with Crippen LogP contribution in [0.25, 0.3) is 0 Å². The van der Waals surface area contributed by atoms with Gasteiger partial charge in [-0.3, -0.25) is 14.9 Å². The highest BCUT2D eigenvalue weighted by molar-refractivity contribution is 7.89. The Kier molecular flexibility index (Phi) is 5.61. The first-order valence-electron chi connectivity index (χ1n) is 8.57. The number of carbonyl (C=O) groups is 1. The van der Waals surface area contributed by atoms with Gasteiger partial charge in [-0.2, -0.15) is 4.31 Å². The predicted molar refractivity (Wildman–Crippen MR) is 102 cm³/mol. The van der Waals surface area contributed by atoms with Crippen molar-refractivity contribution in [1.29, 1.82) is 0 Å². The molecule has 1 aliphatic rings. The van der Waals surface area contributed by atoms with Crippen molar-refractivity contribution >= 4 is 27.4 Å². The molecule has 3 rings (SSSR count). The zero-order chi connectivity index (χ0) is 20.3. The Labute approximate surface area is 162 Å². The van der Waals surface area contributed by atoms with Crippen LogP contribution in [0.4, 0.5) is 11.4 Å². The molecule has 9 nitrogen and oxygen atoms in total. The van der Waals surface area contributed by atoms with Gasteiger partial charge in [0, 0.05) is 44.0 Å². The highest BCUT2D eigenvalue weighted by Gasteiger charge is 2.29. The topological polar surface area (TPSA) is 121 Å². The molecule has 0 spiro atoms. The highest BCUT2D eigenvalue weighted by Crippen LogP contribution is 2.23. The van der Waals surface area contributed by atoms with Crippen molar-refractivity contribution in [2.75, 3.05) is 31.1 Å². The molecule has 1 N–H and O–H groups in total. The van der Waals surface area contributed by atoms with E-state index in [0.29, 0.717) is 18.7 Å². The molecule has 0 bridgehead atoms. The molecule has 1 aliphatic heterocycles. The molecule has 1 heterocycles. The molecule has 0 atom stereocenters. The van der Waals surface area contributed by atoms with E-state index < -0.39 is 20.9 Å². The van der Waals surface area contributed by atoms with Gasteiger partial charge in [0.1, 0.15) is 0 Å². The maximum atomic E-state index is 12.9. The van der Waals surface area contributed by atoms with Crippen molar-refractivity contribution in [2.45, 2.75) is 11.3 Å². The number of rotatable bonds is 6. The van der Waals surface area contributed by atoms with E-state index in [-0.39, 0.29) is 30.1 Å². The third-order valence-electron chi connectivity index (χ3n) is 4.56. The Morgan fingerprint density at radius 1 is 1.07 bits per heavy atom. The van der Waals surface area contributed by atoms with Gasteiger partial charge in [0.15, 0.2) is 0 Å². The quantitative estimate of drug-likeness (QED) is 0.574. The number of benzene rings is 2. The Balaban J connectivity index is 1.70. The fourth-order valence-corrected chi connectivity index (χ4v) is 4.60. The molecule has 148 valence electrons. The van der Waals surface area contributed by atoms with Crippen molar-refractivity contribution < 1.29 is 23.2 Å². The van der Waals surface area contributed by atoms with E-state index in [2.05, 4.69) is 0 Å². The zero-order valence-corrected chi connectivity index (χ0v) is 15.7. The molecule has 2 aromatic rings. The number of sulfonamides is 1. The smallest absolute Gasteiger partial charge is 0.307 e. The van der Waals surface area contributed by atoms with E-state index in [1.807, 2.05) is 4.90 Å². The Bertz CT molecular complexity index is 983. The van der Waals surface area contributed by atoms with Crippen LogP contribution in [0.3, 0.4) is 0 Å². The van der Waals surface area contributed by atoms with Crippen LogP contribution in [0.15, 0.2) is 53.4 Å². The molecular formula is C18H19N3O6S. The summed E-state index contributed by atoms with van der Waals surface area (Å²) in [4.78, 5) is 23.2. The third kappa shape index (κ3) is 4.29. The zero-order valence-electron chi connectivity index (χ0n) is 14.9. The molecule has 0 radical (unpaired) electrons. The minimum atomic E-state index is -3.72.